The Balaban J connectivity index is 1.43. The summed E-state index contributed by atoms with van der Waals surface area (Å²) in [4.78, 5) is 16.3. The van der Waals surface area contributed by atoms with E-state index in [0.29, 0.717) is 36.8 Å². The maximum absolute atomic E-state index is 11.9. The van der Waals surface area contributed by atoms with Gasteiger partial charge in [0.15, 0.2) is 5.82 Å². The van der Waals surface area contributed by atoms with Crippen molar-refractivity contribution in [1.29, 1.82) is 0 Å². The highest BCUT2D eigenvalue weighted by atomic mass is 35.5. The number of nitrogens with one attached hydrogen (secondary N) is 2. The monoisotopic (exact) mass is 334 g/mol. The Hall–Kier alpha value is -1.92. The number of ether oxygens (including phenoxy) is 1. The molecule has 0 aliphatic carbocycles. The minimum Gasteiger partial charge on any atom is -0.381 e. The number of hydrogen-bond donors (Lipinski definition) is 2. The van der Waals surface area contributed by atoms with Gasteiger partial charge < -0.3 is 10.1 Å². The van der Waals surface area contributed by atoms with Crippen LogP contribution in [0.2, 0.25) is 5.02 Å². The Labute approximate surface area is 139 Å². The van der Waals surface area contributed by atoms with Crippen molar-refractivity contribution in [2.24, 2.45) is 0 Å². The van der Waals surface area contributed by atoms with Crippen LogP contribution in [-0.2, 0) is 22.5 Å². The minimum atomic E-state index is -0.0212. The minimum absolute atomic E-state index is 0.0212. The molecule has 1 fully saturated rings. The van der Waals surface area contributed by atoms with Crippen LogP contribution in [0.1, 0.15) is 36.0 Å². The Morgan fingerprint density at radius 3 is 3.17 bits per heavy atom. The van der Waals surface area contributed by atoms with E-state index in [-0.39, 0.29) is 11.8 Å². The van der Waals surface area contributed by atoms with Crippen LogP contribution >= 0.6 is 11.6 Å². The first kappa shape index (κ1) is 16.0. The average molecular weight is 335 g/mol. The summed E-state index contributed by atoms with van der Waals surface area (Å²) < 4.78 is 5.33. The number of aromatic amines is 1. The van der Waals surface area contributed by atoms with Gasteiger partial charge in [-0.05, 0) is 30.5 Å². The lowest BCUT2D eigenvalue weighted by molar-refractivity contribution is -0.121. The van der Waals surface area contributed by atoms with Gasteiger partial charge in [-0.1, -0.05) is 23.7 Å². The molecule has 0 bridgehead atoms. The van der Waals surface area contributed by atoms with Gasteiger partial charge in [-0.2, -0.15) is 5.10 Å². The topological polar surface area (TPSA) is 79.9 Å². The van der Waals surface area contributed by atoms with Crippen LogP contribution in [0.15, 0.2) is 24.3 Å². The third kappa shape index (κ3) is 4.53. The molecule has 122 valence electrons. The standard InChI is InChI=1S/C16H19ClN4O2/c17-13-3-1-2-11(8-13)4-5-15(22)18-9-14-19-16(21-20-14)12-6-7-23-10-12/h1-3,8,12H,4-7,9-10H2,(H,18,22)(H,19,20,21). The van der Waals surface area contributed by atoms with E-state index in [4.69, 9.17) is 16.3 Å². The molecule has 2 N–H and O–H groups in total. The zero-order chi connectivity index (χ0) is 16.1. The highest BCUT2D eigenvalue weighted by Gasteiger charge is 2.21. The predicted octanol–water partition coefficient (Wildman–Crippen LogP) is 2.21. The maximum atomic E-state index is 11.9. The highest BCUT2D eigenvalue weighted by molar-refractivity contribution is 6.30. The molecule has 1 aromatic heterocycles. The third-order valence-electron chi connectivity index (χ3n) is 3.83. The summed E-state index contributed by atoms with van der Waals surface area (Å²) in [6, 6.07) is 7.55. The van der Waals surface area contributed by atoms with Crippen molar-refractivity contribution in [3.8, 4) is 0 Å². The van der Waals surface area contributed by atoms with E-state index in [1.807, 2.05) is 24.3 Å². The molecule has 1 aliphatic rings. The molecule has 1 amide bonds. The fourth-order valence-electron chi connectivity index (χ4n) is 2.53. The van der Waals surface area contributed by atoms with Crippen molar-refractivity contribution < 1.29 is 9.53 Å². The van der Waals surface area contributed by atoms with Crippen LogP contribution in [0.25, 0.3) is 0 Å². The molecule has 0 saturated carbocycles. The molecular weight excluding hydrogens is 316 g/mol. The quantitative estimate of drug-likeness (QED) is 0.848. The second-order valence-corrected chi connectivity index (χ2v) is 6.04. The largest absolute Gasteiger partial charge is 0.381 e. The van der Waals surface area contributed by atoms with Crippen molar-refractivity contribution >= 4 is 17.5 Å². The number of H-pyrrole nitrogens is 1. The molecule has 0 radical (unpaired) electrons. The fourth-order valence-corrected chi connectivity index (χ4v) is 2.74. The molecule has 23 heavy (non-hydrogen) atoms. The van der Waals surface area contributed by atoms with Crippen molar-refractivity contribution in [2.75, 3.05) is 13.2 Å². The Bertz CT molecular complexity index is 668. The zero-order valence-electron chi connectivity index (χ0n) is 12.7. The lowest BCUT2D eigenvalue weighted by Gasteiger charge is -2.04. The van der Waals surface area contributed by atoms with Crippen molar-refractivity contribution in [2.45, 2.75) is 31.7 Å². The lowest BCUT2D eigenvalue weighted by atomic mass is 10.1. The summed E-state index contributed by atoms with van der Waals surface area (Å²) >= 11 is 5.93. The first-order valence-electron chi connectivity index (χ1n) is 7.71. The molecule has 1 aliphatic heterocycles. The number of benzene rings is 1. The van der Waals surface area contributed by atoms with Gasteiger partial charge >= 0.3 is 0 Å². The van der Waals surface area contributed by atoms with Gasteiger partial charge in [-0.3, -0.25) is 9.89 Å². The first-order valence-corrected chi connectivity index (χ1v) is 8.08. The van der Waals surface area contributed by atoms with Crippen LogP contribution in [0.5, 0.6) is 0 Å². The number of carbonyl (C=O) groups is 1. The van der Waals surface area contributed by atoms with E-state index in [9.17, 15) is 4.79 Å². The number of nitrogens with zero attached hydrogens (tertiary/aromatic N) is 2. The third-order valence-corrected chi connectivity index (χ3v) is 4.06. The molecule has 2 heterocycles. The SMILES string of the molecule is O=C(CCc1cccc(Cl)c1)NCc1nc(C2CCOC2)n[nH]1. The van der Waals surface area contributed by atoms with Crippen molar-refractivity contribution in [3.05, 3.63) is 46.5 Å². The molecule has 3 rings (SSSR count). The average Bonchev–Trinajstić information content (AvgIpc) is 3.22. The fraction of sp³-hybridized carbons (Fsp3) is 0.438. The number of aromatic nitrogens is 3. The summed E-state index contributed by atoms with van der Waals surface area (Å²) in [5.74, 6) is 1.68. The molecule has 0 spiro atoms. The summed E-state index contributed by atoms with van der Waals surface area (Å²) in [6.45, 7) is 1.78. The highest BCUT2D eigenvalue weighted by Crippen LogP contribution is 2.21. The number of amides is 1. The van der Waals surface area contributed by atoms with Gasteiger partial charge in [0.1, 0.15) is 5.82 Å². The smallest absolute Gasteiger partial charge is 0.220 e. The second kappa shape index (κ2) is 7.57. The molecule has 2 aromatic rings. The van der Waals surface area contributed by atoms with Crippen LogP contribution < -0.4 is 5.32 Å². The molecule has 1 saturated heterocycles. The summed E-state index contributed by atoms with van der Waals surface area (Å²) in [5.41, 5.74) is 1.05. The first-order chi connectivity index (χ1) is 11.2. The summed E-state index contributed by atoms with van der Waals surface area (Å²) in [5, 5.41) is 10.6. The van der Waals surface area contributed by atoms with Crippen molar-refractivity contribution in [3.63, 3.8) is 0 Å². The van der Waals surface area contributed by atoms with E-state index in [1.54, 1.807) is 0 Å². The molecule has 7 heteroatoms. The van der Waals surface area contributed by atoms with E-state index in [2.05, 4.69) is 20.5 Å². The number of carbonyl (C=O) groups excluding carboxylic acids is 1. The predicted molar refractivity (Wildman–Crippen MR) is 86.2 cm³/mol. The van der Waals surface area contributed by atoms with Gasteiger partial charge in [0.05, 0.1) is 13.2 Å². The van der Waals surface area contributed by atoms with Crippen LogP contribution in [0.3, 0.4) is 0 Å². The Morgan fingerprint density at radius 2 is 2.39 bits per heavy atom. The van der Waals surface area contributed by atoms with Crippen LogP contribution in [0, 0.1) is 0 Å². The van der Waals surface area contributed by atoms with Gasteiger partial charge in [0.25, 0.3) is 0 Å². The molecule has 1 aromatic carbocycles. The second-order valence-electron chi connectivity index (χ2n) is 5.61. The van der Waals surface area contributed by atoms with Gasteiger partial charge in [-0.15, -0.1) is 0 Å². The maximum Gasteiger partial charge on any atom is 0.220 e. The zero-order valence-corrected chi connectivity index (χ0v) is 13.5. The van der Waals surface area contributed by atoms with Gasteiger partial charge in [0.2, 0.25) is 5.91 Å². The Kier molecular flexibility index (Phi) is 5.25. The number of aryl methyl sites for hydroxylation is 1. The molecular formula is C16H19ClN4O2. The molecule has 1 unspecified atom stereocenters. The Morgan fingerprint density at radius 1 is 1.48 bits per heavy atom. The van der Waals surface area contributed by atoms with Crippen LogP contribution in [-0.4, -0.2) is 34.3 Å². The van der Waals surface area contributed by atoms with Crippen LogP contribution in [0.4, 0.5) is 0 Å². The molecule has 1 atom stereocenters. The molecule has 6 nitrogen and oxygen atoms in total. The van der Waals surface area contributed by atoms with Gasteiger partial charge in [0, 0.05) is 24.0 Å². The number of hydrogen-bond acceptors (Lipinski definition) is 4. The normalized spacial score (nSPS) is 17.3. The van der Waals surface area contributed by atoms with E-state index < -0.39 is 0 Å². The number of halogens is 1. The van der Waals surface area contributed by atoms with E-state index >= 15 is 0 Å². The van der Waals surface area contributed by atoms with Crippen molar-refractivity contribution in [1.82, 2.24) is 20.5 Å². The van der Waals surface area contributed by atoms with E-state index in [0.717, 1.165) is 24.4 Å². The number of rotatable bonds is 6. The summed E-state index contributed by atoms with van der Waals surface area (Å²) in [7, 11) is 0. The lowest BCUT2D eigenvalue weighted by Crippen LogP contribution is -2.23. The van der Waals surface area contributed by atoms with Gasteiger partial charge in [-0.25, -0.2) is 4.98 Å². The van der Waals surface area contributed by atoms with E-state index in [1.165, 1.54) is 0 Å². The summed E-state index contributed by atoms with van der Waals surface area (Å²) in [6.07, 6.45) is 2.02.